The maximum absolute atomic E-state index is 11.9. The third kappa shape index (κ3) is 8.58. The second kappa shape index (κ2) is 11.4. The lowest BCUT2D eigenvalue weighted by Gasteiger charge is -2.21. The first-order valence-corrected chi connectivity index (χ1v) is 10.6. The molecule has 1 aromatic carbocycles. The number of carbonyl (C=O) groups is 2. The number of carboxylic acids is 1. The Bertz CT molecular complexity index is 679. The Hall–Kier alpha value is -1.64. The van der Waals surface area contributed by atoms with Crippen LogP contribution in [0.1, 0.15) is 32.8 Å². The van der Waals surface area contributed by atoms with Crippen LogP contribution in [0.4, 0.5) is 0 Å². The van der Waals surface area contributed by atoms with Gasteiger partial charge in [-0.1, -0.05) is 11.6 Å². The highest BCUT2D eigenvalue weighted by molar-refractivity contribution is 7.98. The number of halogens is 1. The quantitative estimate of drug-likeness (QED) is 0.494. The number of hydrogen-bond donors (Lipinski definition) is 3. The van der Waals surface area contributed by atoms with Crippen molar-refractivity contribution in [3.8, 4) is 11.5 Å². The molecule has 9 heteroatoms. The maximum atomic E-state index is 11.9. The van der Waals surface area contributed by atoms with Crippen molar-refractivity contribution in [2.45, 2.75) is 45.3 Å². The maximum Gasteiger partial charge on any atom is 0.320 e. The molecule has 1 rings (SSSR count). The van der Waals surface area contributed by atoms with Gasteiger partial charge in [-0.15, -0.1) is 0 Å². The standard InChI is InChI=1S/C19H29ClN2O5S/c1-19(2,3)22-17(23)11-27-16-9-13(20)12(8-15(16)26-4)10-21-14(18(24)25)6-7-28-5/h8-9,14,21H,6-7,10-11H2,1-5H3,(H,22,23)(H,24,25). The van der Waals surface area contributed by atoms with Gasteiger partial charge in [-0.3, -0.25) is 9.59 Å². The van der Waals surface area contributed by atoms with E-state index in [1.165, 1.54) is 7.11 Å². The van der Waals surface area contributed by atoms with Crippen LogP contribution in [0.5, 0.6) is 11.5 Å². The number of carbonyl (C=O) groups excluding carboxylic acids is 1. The van der Waals surface area contributed by atoms with Gasteiger partial charge >= 0.3 is 5.97 Å². The van der Waals surface area contributed by atoms with E-state index in [1.807, 2.05) is 27.0 Å². The van der Waals surface area contributed by atoms with Gasteiger partial charge < -0.3 is 25.2 Å². The molecule has 0 aliphatic carbocycles. The number of benzene rings is 1. The van der Waals surface area contributed by atoms with Gasteiger partial charge in [0.2, 0.25) is 0 Å². The first-order valence-electron chi connectivity index (χ1n) is 8.82. The van der Waals surface area contributed by atoms with Crippen LogP contribution in [-0.2, 0) is 16.1 Å². The first kappa shape index (κ1) is 24.4. The highest BCUT2D eigenvalue weighted by Gasteiger charge is 2.19. The normalized spacial score (nSPS) is 12.4. The molecule has 1 atom stereocenters. The summed E-state index contributed by atoms with van der Waals surface area (Å²) in [6.07, 6.45) is 2.44. The monoisotopic (exact) mass is 432 g/mol. The number of amides is 1. The van der Waals surface area contributed by atoms with Gasteiger partial charge in [0.25, 0.3) is 5.91 Å². The average molecular weight is 433 g/mol. The Morgan fingerprint density at radius 2 is 1.96 bits per heavy atom. The zero-order valence-electron chi connectivity index (χ0n) is 16.9. The number of aliphatic carboxylic acids is 1. The molecule has 0 aromatic heterocycles. The summed E-state index contributed by atoms with van der Waals surface area (Å²) in [7, 11) is 1.49. The highest BCUT2D eigenvalue weighted by atomic mass is 35.5. The number of thioether (sulfide) groups is 1. The zero-order chi connectivity index (χ0) is 21.3. The molecule has 7 nitrogen and oxygen atoms in total. The van der Waals surface area contributed by atoms with Crippen LogP contribution in [0.25, 0.3) is 0 Å². The summed E-state index contributed by atoms with van der Waals surface area (Å²) < 4.78 is 10.9. The van der Waals surface area contributed by atoms with Crippen LogP contribution in [0.3, 0.4) is 0 Å². The Kier molecular flexibility index (Phi) is 9.92. The molecule has 1 aromatic rings. The van der Waals surface area contributed by atoms with Crippen molar-refractivity contribution in [3.63, 3.8) is 0 Å². The second-order valence-electron chi connectivity index (χ2n) is 7.23. The Morgan fingerprint density at radius 1 is 1.29 bits per heavy atom. The molecule has 1 amide bonds. The van der Waals surface area contributed by atoms with Gasteiger partial charge in [-0.2, -0.15) is 11.8 Å². The van der Waals surface area contributed by atoms with E-state index < -0.39 is 12.0 Å². The second-order valence-corrected chi connectivity index (χ2v) is 8.63. The molecule has 0 aliphatic heterocycles. The lowest BCUT2D eigenvalue weighted by molar-refractivity contribution is -0.139. The number of methoxy groups -OCH3 is 1. The molecule has 0 bridgehead atoms. The van der Waals surface area contributed by atoms with Crippen molar-refractivity contribution in [1.82, 2.24) is 10.6 Å². The summed E-state index contributed by atoms with van der Waals surface area (Å²) in [4.78, 5) is 23.3. The molecular formula is C19H29ClN2O5S. The van der Waals surface area contributed by atoms with Crippen molar-refractivity contribution in [2.75, 3.05) is 25.7 Å². The lowest BCUT2D eigenvalue weighted by Crippen LogP contribution is -2.43. The van der Waals surface area contributed by atoms with Crippen molar-refractivity contribution in [3.05, 3.63) is 22.7 Å². The van der Waals surface area contributed by atoms with E-state index in [0.717, 1.165) is 5.75 Å². The smallest absolute Gasteiger partial charge is 0.320 e. The fourth-order valence-corrected chi connectivity index (χ4v) is 3.06. The van der Waals surface area contributed by atoms with E-state index in [0.29, 0.717) is 28.5 Å². The molecule has 0 saturated heterocycles. The van der Waals surface area contributed by atoms with Gasteiger partial charge in [0.15, 0.2) is 18.1 Å². The SMILES string of the molecule is COc1cc(CNC(CCSC)C(=O)O)c(Cl)cc1OCC(=O)NC(C)(C)C. The molecule has 0 aliphatic rings. The summed E-state index contributed by atoms with van der Waals surface area (Å²) in [5, 5.41) is 15.5. The van der Waals surface area contributed by atoms with Gasteiger partial charge in [0, 0.05) is 23.2 Å². The summed E-state index contributed by atoms with van der Waals surface area (Å²) in [6, 6.07) is 2.59. The molecule has 158 valence electrons. The molecule has 28 heavy (non-hydrogen) atoms. The highest BCUT2D eigenvalue weighted by Crippen LogP contribution is 2.33. The van der Waals surface area contributed by atoms with Crippen LogP contribution < -0.4 is 20.1 Å². The number of hydrogen-bond acceptors (Lipinski definition) is 6. The minimum absolute atomic E-state index is 0.169. The lowest BCUT2D eigenvalue weighted by atomic mass is 10.1. The predicted molar refractivity (Wildman–Crippen MR) is 113 cm³/mol. The van der Waals surface area contributed by atoms with Crippen LogP contribution in [0.2, 0.25) is 5.02 Å². The largest absolute Gasteiger partial charge is 0.493 e. The van der Waals surface area contributed by atoms with E-state index in [2.05, 4.69) is 10.6 Å². The molecular weight excluding hydrogens is 404 g/mol. The number of rotatable bonds is 11. The molecule has 0 spiro atoms. The molecule has 0 radical (unpaired) electrons. The van der Waals surface area contributed by atoms with E-state index in [-0.39, 0.29) is 24.6 Å². The molecule has 3 N–H and O–H groups in total. The summed E-state index contributed by atoms with van der Waals surface area (Å²) >= 11 is 7.91. The Morgan fingerprint density at radius 3 is 2.50 bits per heavy atom. The molecule has 1 unspecified atom stereocenters. The van der Waals surface area contributed by atoms with Crippen molar-refractivity contribution in [1.29, 1.82) is 0 Å². The van der Waals surface area contributed by atoms with E-state index >= 15 is 0 Å². The zero-order valence-corrected chi connectivity index (χ0v) is 18.5. The fraction of sp³-hybridized carbons (Fsp3) is 0.579. The Labute approximate surface area is 175 Å². The topological polar surface area (TPSA) is 96.9 Å². The number of carboxylic acid groups (broad SMARTS) is 1. The minimum atomic E-state index is -0.901. The van der Waals surface area contributed by atoms with E-state index in [4.69, 9.17) is 21.1 Å². The van der Waals surface area contributed by atoms with Gasteiger partial charge in [0.1, 0.15) is 6.04 Å². The fourth-order valence-electron chi connectivity index (χ4n) is 2.36. The van der Waals surface area contributed by atoms with Crippen molar-refractivity contribution < 1.29 is 24.2 Å². The van der Waals surface area contributed by atoms with Gasteiger partial charge in [-0.25, -0.2) is 0 Å². The van der Waals surface area contributed by atoms with Crippen LogP contribution in [0.15, 0.2) is 12.1 Å². The molecule has 0 fully saturated rings. The average Bonchev–Trinajstić information content (AvgIpc) is 2.59. The van der Waals surface area contributed by atoms with Crippen molar-refractivity contribution >= 4 is 35.2 Å². The van der Waals surface area contributed by atoms with Gasteiger partial charge in [0.05, 0.1) is 7.11 Å². The third-order valence-electron chi connectivity index (χ3n) is 3.65. The van der Waals surface area contributed by atoms with Crippen LogP contribution >= 0.6 is 23.4 Å². The van der Waals surface area contributed by atoms with Crippen molar-refractivity contribution in [2.24, 2.45) is 0 Å². The summed E-state index contributed by atoms with van der Waals surface area (Å²) in [5.41, 5.74) is 0.328. The molecule has 0 saturated carbocycles. The van der Waals surface area contributed by atoms with Crippen LogP contribution in [0, 0.1) is 0 Å². The number of nitrogens with one attached hydrogen (secondary N) is 2. The predicted octanol–water partition coefficient (Wildman–Crippen LogP) is 2.94. The van der Waals surface area contributed by atoms with Gasteiger partial charge in [-0.05, 0) is 50.8 Å². The summed E-state index contributed by atoms with van der Waals surface area (Å²) in [6.45, 7) is 5.75. The Balaban J connectivity index is 2.81. The van der Waals surface area contributed by atoms with E-state index in [9.17, 15) is 14.7 Å². The first-order chi connectivity index (χ1) is 13.1. The minimum Gasteiger partial charge on any atom is -0.493 e. The van der Waals surface area contributed by atoms with Crippen LogP contribution in [-0.4, -0.2) is 54.3 Å². The third-order valence-corrected chi connectivity index (χ3v) is 4.65. The number of ether oxygens (including phenoxy) is 2. The van der Waals surface area contributed by atoms with E-state index in [1.54, 1.807) is 23.9 Å². The molecule has 0 heterocycles. The summed E-state index contributed by atoms with van der Waals surface area (Å²) in [5.74, 6) is 0.347.